The molecule has 0 amide bonds. The van der Waals surface area contributed by atoms with Crippen molar-refractivity contribution in [3.63, 3.8) is 0 Å². The van der Waals surface area contributed by atoms with E-state index in [0.717, 1.165) is 25.2 Å². The van der Waals surface area contributed by atoms with Gasteiger partial charge in [0.25, 0.3) is 0 Å². The number of aryl methyl sites for hydroxylation is 1. The van der Waals surface area contributed by atoms with Gasteiger partial charge in [-0.1, -0.05) is 142 Å². The zero-order valence-corrected chi connectivity index (χ0v) is 32.2. The molecule has 0 N–H and O–H groups in total. The highest BCUT2D eigenvalue weighted by atomic mass is 16.6. The minimum Gasteiger partial charge on any atom is -0.491 e. The van der Waals surface area contributed by atoms with Crippen LogP contribution in [-0.2, 0) is 34.8 Å². The van der Waals surface area contributed by atoms with Crippen molar-refractivity contribution in [2.24, 2.45) is 0 Å². The first-order chi connectivity index (χ1) is 24.4. The van der Waals surface area contributed by atoms with Crippen LogP contribution in [0.2, 0.25) is 0 Å². The van der Waals surface area contributed by atoms with Crippen LogP contribution in [-0.4, -0.2) is 85.9 Å². The topological polar surface area (TPSA) is 64.6 Å². The van der Waals surface area contributed by atoms with Gasteiger partial charge in [-0.2, -0.15) is 0 Å². The lowest BCUT2D eigenvalue weighted by Gasteiger charge is -2.09. The van der Waals surface area contributed by atoms with Gasteiger partial charge in [-0.25, -0.2) is 0 Å². The van der Waals surface area contributed by atoms with Crippen molar-refractivity contribution in [3.8, 4) is 5.75 Å². The van der Waals surface area contributed by atoms with E-state index >= 15 is 0 Å². The zero-order chi connectivity index (χ0) is 35.0. The van der Waals surface area contributed by atoms with Crippen LogP contribution in [0.4, 0.5) is 0 Å². The van der Waals surface area contributed by atoms with Crippen molar-refractivity contribution >= 4 is 0 Å². The highest BCUT2D eigenvalue weighted by molar-refractivity contribution is 5.27. The number of hydrogen-bond acceptors (Lipinski definition) is 7. The maximum Gasteiger partial charge on any atom is 0.119 e. The predicted octanol–water partition coefficient (Wildman–Crippen LogP) is 10.5. The summed E-state index contributed by atoms with van der Waals surface area (Å²) in [7, 11) is 0. The second-order valence-corrected chi connectivity index (χ2v) is 13.3. The summed E-state index contributed by atoms with van der Waals surface area (Å²) < 4.78 is 39.3. The standard InChI is InChI=1S/C42H78O7/c1-3-5-7-9-11-12-13-14-15-16-17-18-20-22-28-43-29-30-44-31-32-45-33-34-46-35-36-47-37-38-48-39-40-49-42-26-24-41(25-27-42)23-21-19-10-8-6-4-2/h24-27H,3-23,28-40H2,1-2H3. The highest BCUT2D eigenvalue weighted by Gasteiger charge is 1.99. The fourth-order valence-corrected chi connectivity index (χ4v) is 5.68. The molecule has 0 aromatic heterocycles. The number of unbranched alkanes of at least 4 members (excludes halogenated alkanes) is 18. The fraction of sp³-hybridized carbons (Fsp3) is 0.857. The quantitative estimate of drug-likeness (QED) is 0.0632. The van der Waals surface area contributed by atoms with E-state index in [2.05, 4.69) is 38.1 Å². The van der Waals surface area contributed by atoms with E-state index in [4.69, 9.17) is 33.2 Å². The molecule has 0 aliphatic rings. The first-order valence-electron chi connectivity index (χ1n) is 20.5. The summed E-state index contributed by atoms with van der Waals surface area (Å²) in [5.41, 5.74) is 1.39. The Hall–Kier alpha value is -1.22. The first-order valence-corrected chi connectivity index (χ1v) is 20.5. The Bertz CT molecular complexity index is 745. The van der Waals surface area contributed by atoms with Crippen molar-refractivity contribution in [2.45, 2.75) is 149 Å². The molecular weight excluding hydrogens is 616 g/mol. The van der Waals surface area contributed by atoms with Crippen molar-refractivity contribution in [3.05, 3.63) is 29.8 Å². The summed E-state index contributed by atoms with van der Waals surface area (Å²) in [6, 6.07) is 8.48. The second kappa shape index (κ2) is 39.6. The van der Waals surface area contributed by atoms with Gasteiger partial charge in [-0.05, 0) is 37.0 Å². The number of ether oxygens (including phenoxy) is 7. The summed E-state index contributed by atoms with van der Waals surface area (Å²) in [6.45, 7) is 12.2. The van der Waals surface area contributed by atoms with Crippen LogP contribution in [0.5, 0.6) is 5.75 Å². The molecule has 0 bridgehead atoms. The molecule has 0 aliphatic carbocycles. The van der Waals surface area contributed by atoms with Gasteiger partial charge < -0.3 is 33.2 Å². The Kier molecular flexibility index (Phi) is 37.0. The van der Waals surface area contributed by atoms with Crippen LogP contribution in [0.25, 0.3) is 0 Å². The van der Waals surface area contributed by atoms with Crippen LogP contribution in [0.1, 0.15) is 148 Å². The summed E-state index contributed by atoms with van der Waals surface area (Å²) in [5, 5.41) is 0. The van der Waals surface area contributed by atoms with E-state index in [0.29, 0.717) is 79.3 Å². The molecule has 0 saturated carbocycles. The van der Waals surface area contributed by atoms with Crippen LogP contribution < -0.4 is 4.74 Å². The summed E-state index contributed by atoms with van der Waals surface area (Å²) in [4.78, 5) is 0. The SMILES string of the molecule is CCCCCCCCCCCCCCCCOCCOCCOCCOCCOCCOCCOc1ccc(CCCCCCCC)cc1. The van der Waals surface area contributed by atoms with Gasteiger partial charge in [0.15, 0.2) is 0 Å². The lowest BCUT2D eigenvalue weighted by Crippen LogP contribution is -2.14. The summed E-state index contributed by atoms with van der Waals surface area (Å²) in [6.07, 6.45) is 28.5. The van der Waals surface area contributed by atoms with Gasteiger partial charge in [0, 0.05) is 6.61 Å². The zero-order valence-electron chi connectivity index (χ0n) is 32.2. The van der Waals surface area contributed by atoms with Gasteiger partial charge in [0.05, 0.1) is 72.7 Å². The molecule has 0 aliphatic heterocycles. The lowest BCUT2D eigenvalue weighted by atomic mass is 10.0. The molecule has 49 heavy (non-hydrogen) atoms. The Balaban J connectivity index is 1.69. The normalized spacial score (nSPS) is 11.5. The van der Waals surface area contributed by atoms with Crippen LogP contribution >= 0.6 is 0 Å². The van der Waals surface area contributed by atoms with Gasteiger partial charge in [-0.3, -0.25) is 0 Å². The minimum absolute atomic E-state index is 0.540. The predicted molar refractivity (Wildman–Crippen MR) is 204 cm³/mol. The van der Waals surface area contributed by atoms with Crippen LogP contribution in [0.3, 0.4) is 0 Å². The van der Waals surface area contributed by atoms with E-state index in [1.54, 1.807) is 0 Å². The van der Waals surface area contributed by atoms with Gasteiger partial charge in [-0.15, -0.1) is 0 Å². The van der Waals surface area contributed by atoms with Crippen LogP contribution in [0.15, 0.2) is 24.3 Å². The average Bonchev–Trinajstić information content (AvgIpc) is 3.12. The smallest absolute Gasteiger partial charge is 0.119 e. The molecule has 0 heterocycles. The molecule has 0 saturated heterocycles. The number of benzene rings is 1. The van der Waals surface area contributed by atoms with Crippen molar-refractivity contribution in [1.82, 2.24) is 0 Å². The minimum atomic E-state index is 0.540. The third kappa shape index (κ3) is 35.0. The van der Waals surface area contributed by atoms with Crippen molar-refractivity contribution < 1.29 is 33.2 Å². The molecule has 0 atom stereocenters. The third-order valence-corrected chi connectivity index (χ3v) is 8.74. The van der Waals surface area contributed by atoms with Crippen LogP contribution in [0, 0.1) is 0 Å². The Morgan fingerprint density at radius 1 is 0.306 bits per heavy atom. The Labute approximate surface area is 302 Å². The maximum atomic E-state index is 5.79. The van der Waals surface area contributed by atoms with E-state index < -0.39 is 0 Å². The molecular formula is C42H78O7. The van der Waals surface area contributed by atoms with Gasteiger partial charge in [0.2, 0.25) is 0 Å². The lowest BCUT2D eigenvalue weighted by molar-refractivity contribution is -0.0179. The molecule has 288 valence electrons. The van der Waals surface area contributed by atoms with Crippen molar-refractivity contribution in [2.75, 3.05) is 85.9 Å². The van der Waals surface area contributed by atoms with Gasteiger partial charge in [0.1, 0.15) is 12.4 Å². The largest absolute Gasteiger partial charge is 0.491 e. The third-order valence-electron chi connectivity index (χ3n) is 8.74. The molecule has 0 unspecified atom stereocenters. The summed E-state index contributed by atoms with van der Waals surface area (Å²) >= 11 is 0. The molecule has 7 nitrogen and oxygen atoms in total. The molecule has 7 heteroatoms. The summed E-state index contributed by atoms with van der Waals surface area (Å²) in [5.74, 6) is 0.899. The maximum absolute atomic E-state index is 5.79. The molecule has 0 fully saturated rings. The van der Waals surface area contributed by atoms with Gasteiger partial charge >= 0.3 is 0 Å². The molecule has 0 radical (unpaired) electrons. The highest BCUT2D eigenvalue weighted by Crippen LogP contribution is 2.16. The van der Waals surface area contributed by atoms with E-state index in [1.807, 2.05) is 0 Å². The monoisotopic (exact) mass is 695 g/mol. The first kappa shape index (κ1) is 45.8. The van der Waals surface area contributed by atoms with E-state index in [1.165, 1.54) is 128 Å². The number of rotatable bonds is 41. The van der Waals surface area contributed by atoms with Crippen molar-refractivity contribution in [1.29, 1.82) is 0 Å². The Morgan fingerprint density at radius 3 is 1.00 bits per heavy atom. The second-order valence-electron chi connectivity index (χ2n) is 13.3. The molecule has 0 spiro atoms. The van der Waals surface area contributed by atoms with E-state index in [9.17, 15) is 0 Å². The average molecular weight is 695 g/mol. The molecule has 1 aromatic carbocycles. The molecule has 1 rings (SSSR count). The van der Waals surface area contributed by atoms with E-state index in [-0.39, 0.29) is 0 Å². The number of hydrogen-bond donors (Lipinski definition) is 0. The fourth-order valence-electron chi connectivity index (χ4n) is 5.68. The Morgan fingerprint density at radius 2 is 0.612 bits per heavy atom. The molecule has 1 aromatic rings.